The van der Waals surface area contributed by atoms with E-state index in [4.69, 9.17) is 5.10 Å². The second kappa shape index (κ2) is 7.87. The third-order valence-electron chi connectivity index (χ3n) is 5.16. The molecule has 2 aromatic heterocycles. The van der Waals surface area contributed by atoms with Crippen molar-refractivity contribution in [3.63, 3.8) is 0 Å². The molecular formula is C24H20N6O. The van der Waals surface area contributed by atoms with Crippen molar-refractivity contribution < 1.29 is 4.79 Å². The summed E-state index contributed by atoms with van der Waals surface area (Å²) in [6.07, 6.45) is 3.47. The second-order valence-corrected chi connectivity index (χ2v) is 7.24. The van der Waals surface area contributed by atoms with Gasteiger partial charge in [-0.25, -0.2) is 4.68 Å². The van der Waals surface area contributed by atoms with Gasteiger partial charge in [0.15, 0.2) is 5.82 Å². The van der Waals surface area contributed by atoms with Crippen LogP contribution in [0.1, 0.15) is 18.5 Å². The van der Waals surface area contributed by atoms with E-state index >= 15 is 0 Å². The summed E-state index contributed by atoms with van der Waals surface area (Å²) in [5.41, 5.74) is 3.78. The van der Waals surface area contributed by atoms with E-state index in [9.17, 15) is 4.79 Å². The van der Waals surface area contributed by atoms with E-state index in [1.807, 2.05) is 79.7 Å². The lowest BCUT2D eigenvalue weighted by atomic mass is 9.96. The van der Waals surface area contributed by atoms with Crippen molar-refractivity contribution in [1.29, 1.82) is 0 Å². The number of allylic oxidation sites excluding steroid dienone is 1. The van der Waals surface area contributed by atoms with Gasteiger partial charge in [0, 0.05) is 29.3 Å². The summed E-state index contributed by atoms with van der Waals surface area (Å²) in [5.74, 6) is 0.975. The predicted octanol–water partition coefficient (Wildman–Crippen LogP) is 4.27. The van der Waals surface area contributed by atoms with Gasteiger partial charge in [0.1, 0.15) is 6.04 Å². The Balaban J connectivity index is 1.60. The van der Waals surface area contributed by atoms with Crippen molar-refractivity contribution in [2.24, 2.45) is 0 Å². The number of carbonyl (C=O) groups excluding carboxylic acids is 1. The molecule has 1 atom stereocenters. The highest BCUT2D eigenvalue weighted by Gasteiger charge is 2.34. The fourth-order valence-corrected chi connectivity index (χ4v) is 3.72. The maximum absolute atomic E-state index is 13.4. The van der Waals surface area contributed by atoms with Crippen molar-refractivity contribution in [3.8, 4) is 11.4 Å². The van der Waals surface area contributed by atoms with Crippen molar-refractivity contribution in [1.82, 2.24) is 19.7 Å². The molecule has 152 valence electrons. The number of fused-ring (bicyclic) bond motifs is 1. The lowest BCUT2D eigenvalue weighted by Crippen LogP contribution is -2.31. The highest BCUT2D eigenvalue weighted by Crippen LogP contribution is 2.36. The molecule has 0 spiro atoms. The van der Waals surface area contributed by atoms with Crippen LogP contribution in [0.15, 0.2) is 96.5 Å². The monoisotopic (exact) mass is 408 g/mol. The van der Waals surface area contributed by atoms with Crippen molar-refractivity contribution in [2.75, 3.05) is 10.6 Å². The van der Waals surface area contributed by atoms with Gasteiger partial charge in [-0.2, -0.15) is 4.98 Å². The zero-order valence-corrected chi connectivity index (χ0v) is 16.9. The molecule has 31 heavy (non-hydrogen) atoms. The molecule has 2 aromatic carbocycles. The normalized spacial score (nSPS) is 15.2. The average molecular weight is 408 g/mol. The van der Waals surface area contributed by atoms with Crippen LogP contribution in [-0.2, 0) is 4.79 Å². The largest absolute Gasteiger partial charge is 0.328 e. The lowest BCUT2D eigenvalue weighted by molar-refractivity contribution is -0.113. The first-order valence-corrected chi connectivity index (χ1v) is 9.97. The number of amides is 1. The molecule has 7 heteroatoms. The van der Waals surface area contributed by atoms with Gasteiger partial charge in [-0.15, -0.1) is 5.10 Å². The van der Waals surface area contributed by atoms with Crippen LogP contribution in [-0.4, -0.2) is 25.7 Å². The number of nitrogens with zero attached hydrogens (tertiary/aromatic N) is 4. The molecule has 0 saturated heterocycles. The number of aromatic nitrogens is 4. The van der Waals surface area contributed by atoms with Crippen LogP contribution in [0.4, 0.5) is 11.6 Å². The third kappa shape index (κ3) is 3.57. The Bertz CT molecular complexity index is 1250. The van der Waals surface area contributed by atoms with E-state index < -0.39 is 6.04 Å². The predicted molar refractivity (Wildman–Crippen MR) is 119 cm³/mol. The summed E-state index contributed by atoms with van der Waals surface area (Å²) in [6, 6.07) is 22.5. The standard InChI is InChI=1S/C24H20N6O/c1-16-20(23(31)27-19-12-6-3-7-13-19)21(18-11-8-14-25-15-18)30-24(26-16)28-22(29-30)17-9-4-2-5-10-17/h2-15,21H,1H3,(H,27,31)(H,26,28,29). The zero-order valence-electron chi connectivity index (χ0n) is 16.9. The Labute approximate surface area is 179 Å². The molecule has 4 aromatic rings. The number of pyridine rings is 1. The van der Waals surface area contributed by atoms with Gasteiger partial charge in [0.2, 0.25) is 5.95 Å². The van der Waals surface area contributed by atoms with E-state index in [-0.39, 0.29) is 5.91 Å². The maximum Gasteiger partial charge on any atom is 0.255 e. The molecule has 5 rings (SSSR count). The molecule has 1 unspecified atom stereocenters. The highest BCUT2D eigenvalue weighted by atomic mass is 16.1. The molecule has 0 saturated carbocycles. The first kappa shape index (κ1) is 18.7. The van der Waals surface area contributed by atoms with Gasteiger partial charge in [-0.3, -0.25) is 9.78 Å². The summed E-state index contributed by atoms with van der Waals surface area (Å²) >= 11 is 0. The van der Waals surface area contributed by atoms with Crippen LogP contribution in [0.25, 0.3) is 11.4 Å². The summed E-state index contributed by atoms with van der Waals surface area (Å²) in [7, 11) is 0. The number of anilines is 2. The minimum absolute atomic E-state index is 0.201. The van der Waals surface area contributed by atoms with Gasteiger partial charge < -0.3 is 10.6 Å². The van der Waals surface area contributed by atoms with E-state index in [0.717, 1.165) is 22.5 Å². The average Bonchev–Trinajstić information content (AvgIpc) is 3.23. The summed E-state index contributed by atoms with van der Waals surface area (Å²) < 4.78 is 1.76. The third-order valence-corrected chi connectivity index (χ3v) is 5.16. The van der Waals surface area contributed by atoms with Gasteiger partial charge in [-0.1, -0.05) is 54.6 Å². The number of carbonyl (C=O) groups is 1. The Morgan fingerprint density at radius 2 is 1.74 bits per heavy atom. The minimum Gasteiger partial charge on any atom is -0.328 e. The SMILES string of the molecule is CC1=C(C(=O)Nc2ccccc2)C(c2cccnc2)n2nc(-c3ccccc3)nc2N1. The number of nitrogens with one attached hydrogen (secondary N) is 2. The van der Waals surface area contributed by atoms with Crippen LogP contribution in [0, 0.1) is 0 Å². The molecule has 0 radical (unpaired) electrons. The number of hydrogen-bond acceptors (Lipinski definition) is 5. The summed E-state index contributed by atoms with van der Waals surface area (Å²) in [6.45, 7) is 1.88. The minimum atomic E-state index is -0.460. The number of para-hydroxylation sites is 1. The molecule has 1 aliphatic heterocycles. The van der Waals surface area contributed by atoms with Crippen molar-refractivity contribution in [2.45, 2.75) is 13.0 Å². The van der Waals surface area contributed by atoms with Crippen LogP contribution in [0.3, 0.4) is 0 Å². The summed E-state index contributed by atoms with van der Waals surface area (Å²) in [4.78, 5) is 22.3. The Morgan fingerprint density at radius 1 is 1.00 bits per heavy atom. The smallest absolute Gasteiger partial charge is 0.255 e. The van der Waals surface area contributed by atoms with Crippen LogP contribution in [0.2, 0.25) is 0 Å². The molecular weight excluding hydrogens is 388 g/mol. The van der Waals surface area contributed by atoms with E-state index in [2.05, 4.69) is 20.6 Å². The van der Waals surface area contributed by atoms with Gasteiger partial charge in [0.05, 0.1) is 5.57 Å². The highest BCUT2D eigenvalue weighted by molar-refractivity contribution is 6.06. The molecule has 7 nitrogen and oxygen atoms in total. The fraction of sp³-hybridized carbons (Fsp3) is 0.0833. The quantitative estimate of drug-likeness (QED) is 0.527. The lowest BCUT2D eigenvalue weighted by Gasteiger charge is -2.28. The summed E-state index contributed by atoms with van der Waals surface area (Å²) in [5, 5.41) is 11.0. The fourth-order valence-electron chi connectivity index (χ4n) is 3.72. The van der Waals surface area contributed by atoms with Gasteiger partial charge in [0.25, 0.3) is 5.91 Å². The maximum atomic E-state index is 13.4. The molecule has 0 bridgehead atoms. The molecule has 1 amide bonds. The van der Waals surface area contributed by atoms with Crippen LogP contribution >= 0.6 is 0 Å². The van der Waals surface area contributed by atoms with Crippen LogP contribution < -0.4 is 10.6 Å². The first-order chi connectivity index (χ1) is 15.2. The van der Waals surface area contributed by atoms with E-state index in [1.54, 1.807) is 17.1 Å². The molecule has 0 fully saturated rings. The van der Waals surface area contributed by atoms with Crippen molar-refractivity contribution in [3.05, 3.63) is 102 Å². The number of hydrogen-bond donors (Lipinski definition) is 2. The van der Waals surface area contributed by atoms with Gasteiger partial charge in [-0.05, 0) is 30.7 Å². The molecule has 2 N–H and O–H groups in total. The Hall–Kier alpha value is -4.26. The number of benzene rings is 2. The molecule has 1 aliphatic rings. The van der Waals surface area contributed by atoms with Gasteiger partial charge >= 0.3 is 0 Å². The Kier molecular flexibility index (Phi) is 4.76. The van der Waals surface area contributed by atoms with E-state index in [1.165, 1.54) is 0 Å². The second-order valence-electron chi connectivity index (χ2n) is 7.24. The van der Waals surface area contributed by atoms with Crippen LogP contribution in [0.5, 0.6) is 0 Å². The number of rotatable bonds is 4. The Morgan fingerprint density at radius 3 is 2.45 bits per heavy atom. The van der Waals surface area contributed by atoms with Crippen molar-refractivity contribution >= 4 is 17.5 Å². The first-order valence-electron chi connectivity index (χ1n) is 9.97. The molecule has 3 heterocycles. The van der Waals surface area contributed by atoms with E-state index in [0.29, 0.717) is 17.3 Å². The topological polar surface area (TPSA) is 84.7 Å². The zero-order chi connectivity index (χ0) is 21.2. The molecule has 0 aliphatic carbocycles.